The van der Waals surface area contributed by atoms with E-state index in [4.69, 9.17) is 5.11 Å². The molecule has 1 aliphatic rings. The average molecular weight is 185 g/mol. The summed E-state index contributed by atoms with van der Waals surface area (Å²) in [6, 6.07) is 0.341. The van der Waals surface area contributed by atoms with E-state index in [1.165, 1.54) is 0 Å². The van der Waals surface area contributed by atoms with Gasteiger partial charge >= 0.3 is 0 Å². The highest BCUT2D eigenvalue weighted by atomic mass is 16.3. The third kappa shape index (κ3) is 2.51. The highest BCUT2D eigenvalue weighted by Crippen LogP contribution is 2.19. The van der Waals surface area contributed by atoms with Gasteiger partial charge in [-0.2, -0.15) is 0 Å². The fourth-order valence-corrected chi connectivity index (χ4v) is 1.86. The van der Waals surface area contributed by atoms with Crippen LogP contribution >= 0.6 is 0 Å². The van der Waals surface area contributed by atoms with Crippen LogP contribution in [0.15, 0.2) is 0 Å². The highest BCUT2D eigenvalue weighted by molar-refractivity contribution is 5.82. The van der Waals surface area contributed by atoms with Crippen molar-refractivity contribution >= 4 is 5.78 Å². The number of carbonyl (C=O) groups is 1. The van der Waals surface area contributed by atoms with Crippen LogP contribution in [0.4, 0.5) is 0 Å². The van der Waals surface area contributed by atoms with Crippen LogP contribution in [0.3, 0.4) is 0 Å². The smallest absolute Gasteiger partial charge is 0.138 e. The molecule has 3 heteroatoms. The third-order valence-corrected chi connectivity index (χ3v) is 3.06. The zero-order valence-electron chi connectivity index (χ0n) is 8.49. The summed E-state index contributed by atoms with van der Waals surface area (Å²) in [5.74, 6) is 0.542. The van der Waals surface area contributed by atoms with Crippen molar-refractivity contribution < 1.29 is 9.90 Å². The minimum absolute atomic E-state index is 0.160. The van der Waals surface area contributed by atoms with Crippen molar-refractivity contribution in [1.82, 2.24) is 4.90 Å². The number of nitrogens with zero attached hydrogens (tertiary/aromatic N) is 1. The van der Waals surface area contributed by atoms with E-state index < -0.39 is 0 Å². The maximum absolute atomic E-state index is 11.3. The second-order valence-corrected chi connectivity index (χ2v) is 3.86. The summed E-state index contributed by atoms with van der Waals surface area (Å²) < 4.78 is 0. The van der Waals surface area contributed by atoms with Gasteiger partial charge in [0.1, 0.15) is 5.78 Å². The lowest BCUT2D eigenvalue weighted by molar-refractivity contribution is -0.127. The zero-order valence-corrected chi connectivity index (χ0v) is 8.49. The van der Waals surface area contributed by atoms with Crippen LogP contribution in [0, 0.1) is 5.92 Å². The highest BCUT2D eigenvalue weighted by Gasteiger charge is 2.29. The molecule has 0 bridgehead atoms. The van der Waals surface area contributed by atoms with Gasteiger partial charge in [-0.05, 0) is 13.3 Å². The molecule has 3 nitrogen and oxygen atoms in total. The minimum Gasteiger partial charge on any atom is -0.396 e. The second-order valence-electron chi connectivity index (χ2n) is 3.86. The van der Waals surface area contributed by atoms with E-state index in [-0.39, 0.29) is 12.5 Å². The summed E-state index contributed by atoms with van der Waals surface area (Å²) in [7, 11) is 0. The largest absolute Gasteiger partial charge is 0.396 e. The van der Waals surface area contributed by atoms with Crippen molar-refractivity contribution in [1.29, 1.82) is 0 Å². The lowest BCUT2D eigenvalue weighted by Gasteiger charge is -2.36. The van der Waals surface area contributed by atoms with Gasteiger partial charge in [-0.1, -0.05) is 6.92 Å². The van der Waals surface area contributed by atoms with Crippen molar-refractivity contribution in [3.63, 3.8) is 0 Å². The molecule has 0 aromatic rings. The molecular weight excluding hydrogens is 166 g/mol. The maximum atomic E-state index is 11.3. The van der Waals surface area contributed by atoms with Crippen molar-refractivity contribution in [2.75, 3.05) is 19.7 Å². The number of carbonyl (C=O) groups excluding carboxylic acids is 1. The van der Waals surface area contributed by atoms with Crippen molar-refractivity contribution in [2.24, 2.45) is 5.92 Å². The molecule has 1 N–H and O–H groups in total. The molecule has 0 aromatic heterocycles. The van der Waals surface area contributed by atoms with Crippen LogP contribution in [0.25, 0.3) is 0 Å². The number of piperidine rings is 1. The Morgan fingerprint density at radius 1 is 1.54 bits per heavy atom. The molecule has 76 valence electrons. The molecule has 0 saturated carbocycles. The number of Topliss-reactive ketones (excluding diaryl/α,β-unsaturated/α-hetero) is 1. The van der Waals surface area contributed by atoms with Gasteiger partial charge in [0.2, 0.25) is 0 Å². The first-order valence-electron chi connectivity index (χ1n) is 5.04. The van der Waals surface area contributed by atoms with Crippen LogP contribution in [0.2, 0.25) is 0 Å². The molecule has 1 saturated heterocycles. The molecule has 1 fully saturated rings. The summed E-state index contributed by atoms with van der Waals surface area (Å²) in [4.78, 5) is 13.6. The third-order valence-electron chi connectivity index (χ3n) is 3.06. The van der Waals surface area contributed by atoms with Crippen LogP contribution in [-0.2, 0) is 4.79 Å². The van der Waals surface area contributed by atoms with E-state index in [2.05, 4.69) is 11.8 Å². The number of rotatable bonds is 3. The molecule has 2 atom stereocenters. The SMILES string of the molecule is CC1C(=O)CCN(CCCO)C1C. The average Bonchev–Trinajstić information content (AvgIpc) is 2.13. The standard InChI is InChI=1S/C10H19NO2/c1-8-9(2)11(5-3-7-12)6-4-10(8)13/h8-9,12H,3-7H2,1-2H3. The Morgan fingerprint density at radius 3 is 2.85 bits per heavy atom. The number of hydrogen-bond acceptors (Lipinski definition) is 3. The molecule has 1 aliphatic heterocycles. The summed E-state index contributed by atoms with van der Waals surface area (Å²) in [5.41, 5.74) is 0. The summed E-state index contributed by atoms with van der Waals surface area (Å²) in [5, 5.41) is 8.71. The molecule has 0 aromatic carbocycles. The Balaban J connectivity index is 2.44. The number of aliphatic hydroxyl groups excluding tert-OH is 1. The first-order valence-corrected chi connectivity index (χ1v) is 5.04. The second kappa shape index (κ2) is 4.72. The molecule has 0 spiro atoms. The lowest BCUT2D eigenvalue weighted by Crippen LogP contribution is -2.47. The van der Waals surface area contributed by atoms with E-state index in [0.717, 1.165) is 19.5 Å². The van der Waals surface area contributed by atoms with Crippen molar-refractivity contribution in [2.45, 2.75) is 32.7 Å². The van der Waals surface area contributed by atoms with Gasteiger partial charge < -0.3 is 5.11 Å². The van der Waals surface area contributed by atoms with Gasteiger partial charge in [-0.3, -0.25) is 9.69 Å². The number of aliphatic hydroxyl groups is 1. The van der Waals surface area contributed by atoms with Crippen LogP contribution in [0.1, 0.15) is 26.7 Å². The first kappa shape index (κ1) is 10.7. The van der Waals surface area contributed by atoms with Gasteiger partial charge in [0, 0.05) is 38.1 Å². The summed E-state index contributed by atoms with van der Waals surface area (Å²) >= 11 is 0. The normalized spacial score (nSPS) is 30.8. The van der Waals surface area contributed by atoms with Crippen LogP contribution in [0.5, 0.6) is 0 Å². The first-order chi connectivity index (χ1) is 6.16. The van der Waals surface area contributed by atoms with E-state index in [1.807, 2.05) is 6.92 Å². The quantitative estimate of drug-likeness (QED) is 0.702. The molecular formula is C10H19NO2. The minimum atomic E-state index is 0.160. The van der Waals surface area contributed by atoms with Crippen LogP contribution in [-0.4, -0.2) is 41.5 Å². The summed E-state index contributed by atoms with van der Waals surface area (Å²) in [6.07, 6.45) is 1.49. The molecule has 0 aliphatic carbocycles. The Kier molecular flexibility index (Phi) is 3.88. The molecule has 1 rings (SSSR count). The number of hydrogen-bond donors (Lipinski definition) is 1. The predicted molar refractivity (Wildman–Crippen MR) is 51.5 cm³/mol. The van der Waals surface area contributed by atoms with Crippen molar-refractivity contribution in [3.8, 4) is 0 Å². The lowest BCUT2D eigenvalue weighted by atomic mass is 9.90. The van der Waals surface area contributed by atoms with Gasteiger partial charge in [-0.15, -0.1) is 0 Å². The fourth-order valence-electron chi connectivity index (χ4n) is 1.86. The molecule has 0 amide bonds. The number of likely N-dealkylation sites (tertiary alicyclic amines) is 1. The topological polar surface area (TPSA) is 40.5 Å². The molecule has 2 unspecified atom stereocenters. The van der Waals surface area contributed by atoms with Gasteiger partial charge in [-0.25, -0.2) is 0 Å². The molecule has 1 heterocycles. The monoisotopic (exact) mass is 185 g/mol. The zero-order chi connectivity index (χ0) is 9.84. The fraction of sp³-hybridized carbons (Fsp3) is 0.900. The van der Waals surface area contributed by atoms with Gasteiger partial charge in [0.25, 0.3) is 0 Å². The van der Waals surface area contributed by atoms with Gasteiger partial charge in [0.05, 0.1) is 0 Å². The maximum Gasteiger partial charge on any atom is 0.138 e. The molecule has 13 heavy (non-hydrogen) atoms. The number of ketones is 1. The Hall–Kier alpha value is -0.410. The molecule has 0 radical (unpaired) electrons. The predicted octanol–water partition coefficient (Wildman–Crippen LogP) is 0.668. The van der Waals surface area contributed by atoms with E-state index >= 15 is 0 Å². The van der Waals surface area contributed by atoms with E-state index in [9.17, 15) is 4.79 Å². The van der Waals surface area contributed by atoms with Crippen molar-refractivity contribution in [3.05, 3.63) is 0 Å². The van der Waals surface area contributed by atoms with E-state index in [0.29, 0.717) is 18.2 Å². The van der Waals surface area contributed by atoms with E-state index in [1.54, 1.807) is 0 Å². The summed E-state index contributed by atoms with van der Waals surface area (Å²) in [6.45, 7) is 6.11. The van der Waals surface area contributed by atoms with Gasteiger partial charge in [0.15, 0.2) is 0 Å². The Bertz CT molecular complexity index is 182. The Morgan fingerprint density at radius 2 is 2.23 bits per heavy atom. The van der Waals surface area contributed by atoms with Crippen LogP contribution < -0.4 is 0 Å². The Labute approximate surface area is 79.7 Å².